The lowest BCUT2D eigenvalue weighted by Gasteiger charge is -2.04. The van der Waals surface area contributed by atoms with Gasteiger partial charge in [-0.05, 0) is 29.0 Å². The maximum absolute atomic E-state index is 12.2. The summed E-state index contributed by atoms with van der Waals surface area (Å²) in [7, 11) is 0. The molecule has 0 spiro atoms. The Morgan fingerprint density at radius 2 is 1.69 bits per heavy atom. The molecule has 0 unspecified atom stereocenters. The molecule has 4 rings (SSSR count). The van der Waals surface area contributed by atoms with Gasteiger partial charge in [-0.15, -0.1) is 0 Å². The third-order valence-electron chi connectivity index (χ3n) is 4.07. The second kappa shape index (κ2) is 6.25. The van der Waals surface area contributed by atoms with Crippen LogP contribution in [0.4, 0.5) is 5.69 Å². The summed E-state index contributed by atoms with van der Waals surface area (Å²) in [5.41, 5.74) is 0.929. The number of nitro groups is 1. The molecule has 6 heteroatoms. The molecule has 3 aromatic rings. The first-order chi connectivity index (χ1) is 12.6. The minimum absolute atomic E-state index is 0.0298. The number of aliphatic imine (C=N–C) groups is 1. The maximum atomic E-state index is 12.2. The molecule has 126 valence electrons. The highest BCUT2D eigenvalue weighted by atomic mass is 16.6. The number of hydrogen-bond acceptors (Lipinski definition) is 5. The van der Waals surface area contributed by atoms with E-state index in [-0.39, 0.29) is 17.3 Å². The fourth-order valence-corrected chi connectivity index (χ4v) is 2.86. The minimum atomic E-state index is -0.633. The van der Waals surface area contributed by atoms with Crippen LogP contribution >= 0.6 is 0 Å². The Balaban J connectivity index is 1.80. The fourth-order valence-electron chi connectivity index (χ4n) is 2.86. The van der Waals surface area contributed by atoms with Gasteiger partial charge in [-0.3, -0.25) is 10.1 Å². The van der Waals surface area contributed by atoms with Crippen molar-refractivity contribution in [3.8, 4) is 0 Å². The summed E-state index contributed by atoms with van der Waals surface area (Å²) in [6.45, 7) is 0. The molecule has 1 aliphatic heterocycles. The quantitative estimate of drug-likeness (QED) is 0.310. The number of benzene rings is 3. The van der Waals surface area contributed by atoms with Gasteiger partial charge in [0.05, 0.1) is 10.5 Å². The second-order valence-corrected chi connectivity index (χ2v) is 5.68. The molecular formula is C20H12N2O4. The van der Waals surface area contributed by atoms with Gasteiger partial charge >= 0.3 is 5.97 Å². The van der Waals surface area contributed by atoms with Crippen molar-refractivity contribution in [2.24, 2.45) is 4.99 Å². The average molecular weight is 344 g/mol. The van der Waals surface area contributed by atoms with Crippen molar-refractivity contribution in [2.45, 2.75) is 0 Å². The van der Waals surface area contributed by atoms with Crippen LogP contribution in [0, 0.1) is 10.1 Å². The van der Waals surface area contributed by atoms with Gasteiger partial charge < -0.3 is 4.74 Å². The van der Waals surface area contributed by atoms with Crippen LogP contribution < -0.4 is 0 Å². The SMILES string of the molecule is O=C1OC(c2cccc3ccccc23)=N/C1=C/c1ccccc1[N+](=O)[O-]. The van der Waals surface area contributed by atoms with E-state index in [1.807, 2.05) is 42.5 Å². The van der Waals surface area contributed by atoms with E-state index in [1.54, 1.807) is 18.2 Å². The number of nitro benzene ring substituents is 1. The Bertz CT molecular complexity index is 1110. The van der Waals surface area contributed by atoms with Crippen LogP contribution in [0.3, 0.4) is 0 Å². The Morgan fingerprint density at radius 3 is 2.54 bits per heavy atom. The normalized spacial score (nSPS) is 15.2. The van der Waals surface area contributed by atoms with Crippen LogP contribution in [-0.4, -0.2) is 16.8 Å². The van der Waals surface area contributed by atoms with Crippen LogP contribution in [0.25, 0.3) is 16.8 Å². The van der Waals surface area contributed by atoms with Crippen molar-refractivity contribution in [1.29, 1.82) is 0 Å². The molecule has 0 saturated heterocycles. The number of hydrogen-bond donors (Lipinski definition) is 0. The van der Waals surface area contributed by atoms with E-state index >= 15 is 0 Å². The average Bonchev–Trinajstić information content (AvgIpc) is 3.02. The lowest BCUT2D eigenvalue weighted by Crippen LogP contribution is -2.06. The fraction of sp³-hybridized carbons (Fsp3) is 0. The summed E-state index contributed by atoms with van der Waals surface area (Å²) in [5, 5.41) is 13.0. The third-order valence-corrected chi connectivity index (χ3v) is 4.07. The van der Waals surface area contributed by atoms with Crippen LogP contribution in [0.5, 0.6) is 0 Å². The summed E-state index contributed by atoms with van der Waals surface area (Å²) in [5.74, 6) is -0.442. The summed E-state index contributed by atoms with van der Waals surface area (Å²) in [4.78, 5) is 27.1. The van der Waals surface area contributed by atoms with Crippen molar-refractivity contribution in [1.82, 2.24) is 0 Å². The van der Waals surface area contributed by atoms with Gasteiger partial charge in [0.25, 0.3) is 5.69 Å². The molecule has 0 N–H and O–H groups in total. The molecular weight excluding hydrogens is 332 g/mol. The van der Waals surface area contributed by atoms with Gasteiger partial charge in [-0.2, -0.15) is 0 Å². The molecule has 0 fully saturated rings. The van der Waals surface area contributed by atoms with E-state index in [0.29, 0.717) is 11.1 Å². The molecule has 0 aliphatic carbocycles. The molecule has 6 nitrogen and oxygen atoms in total. The zero-order valence-electron chi connectivity index (χ0n) is 13.5. The Labute approximate surface area is 148 Å². The number of carbonyl (C=O) groups is 1. The Hall–Kier alpha value is -3.80. The van der Waals surface area contributed by atoms with E-state index in [9.17, 15) is 14.9 Å². The highest BCUT2D eigenvalue weighted by molar-refractivity contribution is 6.17. The lowest BCUT2D eigenvalue weighted by molar-refractivity contribution is -0.385. The number of carbonyl (C=O) groups excluding carboxylic acids is 1. The number of cyclic esters (lactones) is 1. The summed E-state index contributed by atoms with van der Waals surface area (Å²) >= 11 is 0. The molecule has 0 aromatic heterocycles. The molecule has 0 saturated carbocycles. The molecule has 1 heterocycles. The lowest BCUT2D eigenvalue weighted by atomic mass is 10.0. The van der Waals surface area contributed by atoms with Crippen molar-refractivity contribution in [3.05, 3.63) is 93.7 Å². The van der Waals surface area contributed by atoms with E-state index < -0.39 is 10.9 Å². The Morgan fingerprint density at radius 1 is 0.962 bits per heavy atom. The van der Waals surface area contributed by atoms with Gasteiger partial charge in [-0.25, -0.2) is 9.79 Å². The maximum Gasteiger partial charge on any atom is 0.363 e. The van der Waals surface area contributed by atoms with E-state index in [1.165, 1.54) is 12.1 Å². The van der Waals surface area contributed by atoms with Gasteiger partial charge in [-0.1, -0.05) is 48.5 Å². The number of fused-ring (bicyclic) bond motifs is 1. The number of ether oxygens (including phenoxy) is 1. The van der Waals surface area contributed by atoms with Gasteiger partial charge in [0, 0.05) is 11.6 Å². The first-order valence-electron chi connectivity index (χ1n) is 7.87. The van der Waals surface area contributed by atoms with Gasteiger partial charge in [0.1, 0.15) is 0 Å². The topological polar surface area (TPSA) is 81.8 Å². The van der Waals surface area contributed by atoms with E-state index in [2.05, 4.69) is 4.99 Å². The smallest absolute Gasteiger partial charge is 0.363 e. The zero-order chi connectivity index (χ0) is 18.1. The van der Waals surface area contributed by atoms with Crippen molar-refractivity contribution in [2.75, 3.05) is 0 Å². The van der Waals surface area contributed by atoms with Crippen LogP contribution in [0.1, 0.15) is 11.1 Å². The van der Waals surface area contributed by atoms with Gasteiger partial charge in [0.2, 0.25) is 5.90 Å². The molecule has 0 bridgehead atoms. The zero-order valence-corrected chi connectivity index (χ0v) is 13.5. The van der Waals surface area contributed by atoms with Crippen molar-refractivity contribution in [3.63, 3.8) is 0 Å². The van der Waals surface area contributed by atoms with Crippen molar-refractivity contribution >= 4 is 34.4 Å². The Kier molecular flexibility index (Phi) is 3.78. The molecule has 0 atom stereocenters. The minimum Gasteiger partial charge on any atom is -0.402 e. The predicted octanol–water partition coefficient (Wildman–Crippen LogP) is 4.09. The highest BCUT2D eigenvalue weighted by Gasteiger charge is 2.26. The number of esters is 1. The standard InChI is InChI=1S/C20H12N2O4/c23-20-17(12-14-7-2-4-11-18(14)22(24)25)21-19(26-20)16-10-5-8-13-6-1-3-9-15(13)16/h1-12H/b17-12+. The number of rotatable bonds is 3. The molecule has 0 radical (unpaired) electrons. The molecule has 1 aliphatic rings. The monoisotopic (exact) mass is 344 g/mol. The number of para-hydroxylation sites is 1. The largest absolute Gasteiger partial charge is 0.402 e. The van der Waals surface area contributed by atoms with E-state index in [4.69, 9.17) is 4.74 Å². The van der Waals surface area contributed by atoms with Crippen molar-refractivity contribution < 1.29 is 14.5 Å². The van der Waals surface area contributed by atoms with Crippen LogP contribution in [-0.2, 0) is 9.53 Å². The molecule has 3 aromatic carbocycles. The van der Waals surface area contributed by atoms with E-state index in [0.717, 1.165) is 10.8 Å². The second-order valence-electron chi connectivity index (χ2n) is 5.68. The first-order valence-corrected chi connectivity index (χ1v) is 7.87. The van der Waals surface area contributed by atoms with Crippen LogP contribution in [0.15, 0.2) is 77.4 Å². The molecule has 26 heavy (non-hydrogen) atoms. The van der Waals surface area contributed by atoms with Crippen LogP contribution in [0.2, 0.25) is 0 Å². The predicted molar refractivity (Wildman–Crippen MR) is 97.7 cm³/mol. The summed E-state index contributed by atoms with van der Waals surface area (Å²) in [6.07, 6.45) is 1.37. The summed E-state index contributed by atoms with van der Waals surface area (Å²) in [6, 6.07) is 19.5. The molecule has 0 amide bonds. The summed E-state index contributed by atoms with van der Waals surface area (Å²) < 4.78 is 5.31. The van der Waals surface area contributed by atoms with Gasteiger partial charge in [0.15, 0.2) is 5.70 Å². The first kappa shape index (κ1) is 15.7. The highest BCUT2D eigenvalue weighted by Crippen LogP contribution is 2.27. The number of nitrogens with zero attached hydrogens (tertiary/aromatic N) is 2. The third kappa shape index (κ3) is 2.73.